The molecular formula is C20H14ClNO4S. The van der Waals surface area contributed by atoms with Gasteiger partial charge in [-0.3, -0.25) is 14.5 Å². The number of Topliss-reactive ketones (excluding diaryl/α,β-unsaturated/α-hetero) is 1. The largest absolute Gasteiger partial charge is 0.503 e. The van der Waals surface area contributed by atoms with E-state index in [0.717, 1.165) is 5.56 Å². The highest BCUT2D eigenvalue weighted by molar-refractivity contribution is 7.12. The molecular weight excluding hydrogens is 386 g/mol. The Labute approximate surface area is 164 Å². The molecule has 5 nitrogen and oxygen atoms in total. The smallest absolute Gasteiger partial charge is 0.294 e. The zero-order valence-corrected chi connectivity index (χ0v) is 15.8. The third-order valence-electron chi connectivity index (χ3n) is 4.44. The van der Waals surface area contributed by atoms with Gasteiger partial charge in [-0.1, -0.05) is 23.7 Å². The Hall–Kier alpha value is -2.83. The van der Waals surface area contributed by atoms with Crippen molar-refractivity contribution in [2.24, 2.45) is 0 Å². The number of aliphatic hydroxyl groups excluding tert-OH is 1. The molecule has 3 heterocycles. The number of aliphatic hydroxyl groups is 1. The van der Waals surface area contributed by atoms with E-state index in [-0.39, 0.29) is 5.57 Å². The Bertz CT molecular complexity index is 1050. The molecule has 0 radical (unpaired) electrons. The van der Waals surface area contributed by atoms with Gasteiger partial charge in [-0.25, -0.2) is 0 Å². The maximum absolute atomic E-state index is 13.0. The number of nitrogens with zero attached hydrogens (tertiary/aromatic N) is 1. The minimum atomic E-state index is -0.874. The van der Waals surface area contributed by atoms with E-state index in [9.17, 15) is 14.7 Å². The first-order valence-electron chi connectivity index (χ1n) is 8.13. The average molecular weight is 400 g/mol. The maximum atomic E-state index is 13.0. The number of benzene rings is 1. The molecule has 2 aromatic heterocycles. The lowest BCUT2D eigenvalue weighted by molar-refractivity contribution is -0.117. The summed E-state index contributed by atoms with van der Waals surface area (Å²) in [6, 6.07) is 11.0. The van der Waals surface area contributed by atoms with Crippen LogP contribution in [0.3, 0.4) is 0 Å². The summed E-state index contributed by atoms with van der Waals surface area (Å²) < 4.78 is 5.50. The molecule has 0 saturated carbocycles. The number of halogens is 1. The van der Waals surface area contributed by atoms with Gasteiger partial charge in [-0.15, -0.1) is 11.3 Å². The first-order chi connectivity index (χ1) is 13.0. The van der Waals surface area contributed by atoms with Gasteiger partial charge in [0, 0.05) is 10.7 Å². The molecule has 4 rings (SSSR count). The van der Waals surface area contributed by atoms with Crippen molar-refractivity contribution in [1.29, 1.82) is 0 Å². The third-order valence-corrected chi connectivity index (χ3v) is 5.72. The van der Waals surface area contributed by atoms with Gasteiger partial charge >= 0.3 is 0 Å². The minimum absolute atomic E-state index is 0.00547. The van der Waals surface area contributed by atoms with E-state index < -0.39 is 23.5 Å². The van der Waals surface area contributed by atoms with Gasteiger partial charge in [0.05, 0.1) is 16.7 Å². The van der Waals surface area contributed by atoms with E-state index in [4.69, 9.17) is 16.0 Å². The van der Waals surface area contributed by atoms with E-state index in [1.54, 1.807) is 47.8 Å². The Kier molecular flexibility index (Phi) is 4.37. The lowest BCUT2D eigenvalue weighted by atomic mass is 10.00. The summed E-state index contributed by atoms with van der Waals surface area (Å²) in [7, 11) is 0. The molecule has 1 aliphatic rings. The normalized spacial score (nSPS) is 17.0. The Balaban J connectivity index is 1.87. The molecule has 7 heteroatoms. The molecule has 136 valence electrons. The standard InChI is InChI=1S/C20H14ClNO4S/c1-11-6-7-12(10-13(11)21)22-17(14-4-2-8-26-14)16(19(24)20(22)25)18(23)15-5-3-9-27-15/h2-10,17,24H,1H3. The van der Waals surface area contributed by atoms with E-state index >= 15 is 0 Å². The average Bonchev–Trinajstić information content (AvgIpc) is 3.39. The fraction of sp³-hybridized carbons (Fsp3) is 0.100. The number of rotatable bonds is 4. The lowest BCUT2D eigenvalue weighted by Gasteiger charge is -2.25. The van der Waals surface area contributed by atoms with Crippen LogP contribution in [0.4, 0.5) is 5.69 Å². The number of hydrogen-bond acceptors (Lipinski definition) is 5. The number of ketones is 1. The number of furan rings is 1. The third kappa shape index (κ3) is 2.87. The van der Waals surface area contributed by atoms with E-state index in [1.165, 1.54) is 22.5 Å². The Morgan fingerprint density at radius 1 is 1.26 bits per heavy atom. The number of thiophene rings is 1. The molecule has 0 saturated heterocycles. The second kappa shape index (κ2) is 6.72. The number of anilines is 1. The molecule has 1 amide bonds. The quantitative estimate of drug-likeness (QED) is 0.620. The van der Waals surface area contributed by atoms with Crippen molar-refractivity contribution in [3.63, 3.8) is 0 Å². The predicted octanol–water partition coefficient (Wildman–Crippen LogP) is 5.09. The van der Waals surface area contributed by atoms with Crippen LogP contribution in [-0.2, 0) is 4.79 Å². The molecule has 0 spiro atoms. The maximum Gasteiger partial charge on any atom is 0.294 e. The Morgan fingerprint density at radius 3 is 2.70 bits per heavy atom. The number of carbonyl (C=O) groups is 2. The van der Waals surface area contributed by atoms with Gasteiger partial charge in [-0.05, 0) is 48.2 Å². The van der Waals surface area contributed by atoms with Crippen molar-refractivity contribution in [2.75, 3.05) is 4.90 Å². The van der Waals surface area contributed by atoms with E-state index in [0.29, 0.717) is 21.3 Å². The van der Waals surface area contributed by atoms with Crippen molar-refractivity contribution in [2.45, 2.75) is 13.0 Å². The van der Waals surface area contributed by atoms with Crippen molar-refractivity contribution in [3.8, 4) is 0 Å². The molecule has 3 aromatic rings. The summed E-state index contributed by atoms with van der Waals surface area (Å²) in [6.07, 6.45) is 1.46. The SMILES string of the molecule is Cc1ccc(N2C(=O)C(O)=C(C(=O)c3cccs3)C2c2ccco2)cc1Cl. The molecule has 27 heavy (non-hydrogen) atoms. The lowest BCUT2D eigenvalue weighted by Crippen LogP contribution is -2.30. The highest BCUT2D eigenvalue weighted by Gasteiger charge is 2.46. The number of aryl methyl sites for hydroxylation is 1. The van der Waals surface area contributed by atoms with Gasteiger partial charge < -0.3 is 9.52 Å². The van der Waals surface area contributed by atoms with Gasteiger partial charge in [0.15, 0.2) is 5.76 Å². The molecule has 1 atom stereocenters. The molecule has 1 N–H and O–H groups in total. The molecule has 1 aliphatic heterocycles. The first kappa shape index (κ1) is 17.6. The molecule has 0 aliphatic carbocycles. The van der Waals surface area contributed by atoms with Crippen molar-refractivity contribution < 1.29 is 19.1 Å². The summed E-state index contributed by atoms with van der Waals surface area (Å²) in [6.45, 7) is 1.85. The number of amides is 1. The van der Waals surface area contributed by atoms with Crippen LogP contribution in [0.2, 0.25) is 5.02 Å². The van der Waals surface area contributed by atoms with Gasteiger partial charge in [0.2, 0.25) is 5.78 Å². The van der Waals surface area contributed by atoms with Crippen molar-refractivity contribution in [1.82, 2.24) is 0 Å². The van der Waals surface area contributed by atoms with Crippen LogP contribution in [0.1, 0.15) is 27.0 Å². The Morgan fingerprint density at radius 2 is 2.07 bits per heavy atom. The number of hydrogen-bond donors (Lipinski definition) is 1. The highest BCUT2D eigenvalue weighted by Crippen LogP contribution is 2.43. The second-order valence-corrected chi connectivity index (χ2v) is 7.45. The van der Waals surface area contributed by atoms with E-state index in [1.807, 2.05) is 6.92 Å². The fourth-order valence-corrected chi connectivity index (χ4v) is 3.94. The molecule has 0 fully saturated rings. The second-order valence-electron chi connectivity index (χ2n) is 6.10. The number of carbonyl (C=O) groups excluding carboxylic acids is 2. The van der Waals surface area contributed by atoms with Gasteiger partial charge in [-0.2, -0.15) is 0 Å². The van der Waals surface area contributed by atoms with Crippen LogP contribution >= 0.6 is 22.9 Å². The summed E-state index contributed by atoms with van der Waals surface area (Å²) >= 11 is 7.47. The topological polar surface area (TPSA) is 70.8 Å². The van der Waals surface area contributed by atoms with Gasteiger partial charge in [0.25, 0.3) is 5.91 Å². The van der Waals surface area contributed by atoms with E-state index in [2.05, 4.69) is 0 Å². The van der Waals surface area contributed by atoms with Crippen LogP contribution in [0.15, 0.2) is 69.9 Å². The van der Waals surface area contributed by atoms with Crippen LogP contribution in [0.25, 0.3) is 0 Å². The summed E-state index contributed by atoms with van der Waals surface area (Å²) in [5.74, 6) is -1.27. The summed E-state index contributed by atoms with van der Waals surface area (Å²) in [5.41, 5.74) is 1.32. The minimum Gasteiger partial charge on any atom is -0.503 e. The van der Waals surface area contributed by atoms with Crippen LogP contribution < -0.4 is 4.90 Å². The highest BCUT2D eigenvalue weighted by atomic mass is 35.5. The van der Waals surface area contributed by atoms with Crippen LogP contribution in [-0.4, -0.2) is 16.8 Å². The first-order valence-corrected chi connectivity index (χ1v) is 9.39. The predicted molar refractivity (Wildman–Crippen MR) is 103 cm³/mol. The molecule has 1 unspecified atom stereocenters. The summed E-state index contributed by atoms with van der Waals surface area (Å²) in [5, 5.41) is 12.8. The van der Waals surface area contributed by atoms with Crippen molar-refractivity contribution in [3.05, 3.63) is 86.7 Å². The van der Waals surface area contributed by atoms with Gasteiger partial charge in [0.1, 0.15) is 11.8 Å². The van der Waals surface area contributed by atoms with Crippen LogP contribution in [0, 0.1) is 6.92 Å². The summed E-state index contributed by atoms with van der Waals surface area (Å²) in [4.78, 5) is 27.7. The molecule has 1 aromatic carbocycles. The van der Waals surface area contributed by atoms with Crippen molar-refractivity contribution >= 4 is 40.3 Å². The zero-order valence-electron chi connectivity index (χ0n) is 14.2. The fourth-order valence-electron chi connectivity index (χ4n) is 3.09. The van der Waals surface area contributed by atoms with Crippen LogP contribution in [0.5, 0.6) is 0 Å². The monoisotopic (exact) mass is 399 g/mol. The zero-order chi connectivity index (χ0) is 19.1. The molecule has 0 bridgehead atoms.